The van der Waals surface area contributed by atoms with Crippen LogP contribution in [0.2, 0.25) is 0 Å². The van der Waals surface area contributed by atoms with Gasteiger partial charge >= 0.3 is 6.03 Å². The van der Waals surface area contributed by atoms with Crippen LogP contribution in [0, 0.1) is 0 Å². The van der Waals surface area contributed by atoms with Gasteiger partial charge in [-0.1, -0.05) is 12.8 Å². The van der Waals surface area contributed by atoms with E-state index in [0.29, 0.717) is 19.0 Å². The van der Waals surface area contributed by atoms with Crippen LogP contribution < -0.4 is 10.0 Å². The molecule has 2 amide bonds. The molecule has 2 aliphatic rings. The number of rotatable bonds is 5. The predicted octanol–water partition coefficient (Wildman–Crippen LogP) is 1.43. The van der Waals surface area contributed by atoms with Gasteiger partial charge in [0, 0.05) is 25.2 Å². The topological polar surface area (TPSA) is 78.5 Å². The van der Waals surface area contributed by atoms with Crippen molar-refractivity contribution in [3.05, 3.63) is 0 Å². The number of nitrogens with one attached hydrogen (secondary N) is 2. The summed E-state index contributed by atoms with van der Waals surface area (Å²) >= 11 is 0. The van der Waals surface area contributed by atoms with E-state index in [2.05, 4.69) is 10.0 Å². The smallest absolute Gasteiger partial charge is 0.317 e. The van der Waals surface area contributed by atoms with Crippen LogP contribution in [-0.4, -0.2) is 50.8 Å². The molecular formula is C14H27N3O3S. The summed E-state index contributed by atoms with van der Waals surface area (Å²) in [6, 6.07) is 0.509. The lowest BCUT2D eigenvalue weighted by molar-refractivity contribution is 0.144. The third kappa shape index (κ3) is 5.47. The Balaban J connectivity index is 1.83. The van der Waals surface area contributed by atoms with E-state index < -0.39 is 10.0 Å². The third-order valence-corrected chi connectivity index (χ3v) is 5.14. The molecule has 1 unspecified atom stereocenters. The highest BCUT2D eigenvalue weighted by Gasteiger charge is 2.28. The summed E-state index contributed by atoms with van der Waals surface area (Å²) < 4.78 is 24.7. The summed E-state index contributed by atoms with van der Waals surface area (Å²) in [5.41, 5.74) is 0. The predicted molar refractivity (Wildman–Crippen MR) is 82.6 cm³/mol. The van der Waals surface area contributed by atoms with E-state index in [-0.39, 0.29) is 12.1 Å². The largest absolute Gasteiger partial charge is 0.335 e. The summed E-state index contributed by atoms with van der Waals surface area (Å²) in [6.45, 7) is 1.18. The van der Waals surface area contributed by atoms with Crippen LogP contribution in [0.3, 0.4) is 0 Å². The van der Waals surface area contributed by atoms with Gasteiger partial charge in [0.25, 0.3) is 0 Å². The highest BCUT2D eigenvalue weighted by atomic mass is 32.2. The summed E-state index contributed by atoms with van der Waals surface area (Å²) in [4.78, 5) is 14.3. The average molecular weight is 317 g/mol. The van der Waals surface area contributed by atoms with E-state index in [1.165, 1.54) is 19.1 Å². The summed E-state index contributed by atoms with van der Waals surface area (Å²) in [5.74, 6) is 0. The Labute approximate surface area is 127 Å². The second-order valence-electron chi connectivity index (χ2n) is 6.23. The summed E-state index contributed by atoms with van der Waals surface area (Å²) in [6.07, 6.45) is 9.52. The highest BCUT2D eigenvalue weighted by Crippen LogP contribution is 2.22. The third-order valence-electron chi connectivity index (χ3n) is 4.41. The molecule has 1 saturated heterocycles. The van der Waals surface area contributed by atoms with Crippen molar-refractivity contribution >= 4 is 16.1 Å². The number of likely N-dealkylation sites (tertiary alicyclic amines) is 1. The molecule has 0 radical (unpaired) electrons. The van der Waals surface area contributed by atoms with Crippen LogP contribution in [0.5, 0.6) is 0 Å². The number of carbonyl (C=O) groups is 1. The van der Waals surface area contributed by atoms with Crippen molar-refractivity contribution in [1.29, 1.82) is 0 Å². The first-order valence-corrected chi connectivity index (χ1v) is 9.86. The number of hydrogen-bond acceptors (Lipinski definition) is 3. The van der Waals surface area contributed by atoms with Gasteiger partial charge in [0.05, 0.1) is 6.26 Å². The zero-order chi connectivity index (χ0) is 15.3. The normalized spacial score (nSPS) is 24.2. The van der Waals surface area contributed by atoms with E-state index in [0.717, 1.165) is 38.6 Å². The minimum absolute atomic E-state index is 0.0333. The lowest BCUT2D eigenvalue weighted by atomic mass is 10.00. The van der Waals surface area contributed by atoms with Crippen LogP contribution in [0.1, 0.15) is 51.4 Å². The van der Waals surface area contributed by atoms with E-state index in [9.17, 15) is 13.2 Å². The first-order valence-electron chi connectivity index (χ1n) is 7.97. The van der Waals surface area contributed by atoms with Crippen molar-refractivity contribution < 1.29 is 13.2 Å². The molecular weight excluding hydrogens is 290 g/mol. The van der Waals surface area contributed by atoms with E-state index >= 15 is 0 Å². The number of piperidine rings is 1. The van der Waals surface area contributed by atoms with Crippen molar-refractivity contribution in [2.24, 2.45) is 0 Å². The van der Waals surface area contributed by atoms with Gasteiger partial charge < -0.3 is 10.2 Å². The first kappa shape index (κ1) is 16.5. The van der Waals surface area contributed by atoms with E-state index in [4.69, 9.17) is 0 Å². The maximum Gasteiger partial charge on any atom is 0.317 e. The minimum atomic E-state index is -3.15. The van der Waals surface area contributed by atoms with Gasteiger partial charge in [-0.3, -0.25) is 0 Å². The maximum atomic E-state index is 12.4. The fourth-order valence-electron chi connectivity index (χ4n) is 3.31. The van der Waals surface area contributed by atoms with Gasteiger partial charge in [-0.2, -0.15) is 0 Å². The van der Waals surface area contributed by atoms with Crippen molar-refractivity contribution in [2.75, 3.05) is 19.3 Å². The zero-order valence-corrected chi connectivity index (χ0v) is 13.6. The lowest BCUT2D eigenvalue weighted by Crippen LogP contribution is -2.51. The Morgan fingerprint density at radius 3 is 2.48 bits per heavy atom. The van der Waals surface area contributed by atoms with Crippen LogP contribution >= 0.6 is 0 Å². The Morgan fingerprint density at radius 1 is 1.14 bits per heavy atom. The number of nitrogens with zero attached hydrogens (tertiary/aromatic N) is 1. The molecule has 0 aromatic rings. The molecule has 1 heterocycles. The molecule has 21 heavy (non-hydrogen) atoms. The Morgan fingerprint density at radius 2 is 1.81 bits per heavy atom. The second-order valence-corrected chi connectivity index (χ2v) is 8.06. The number of sulfonamides is 1. The van der Waals surface area contributed by atoms with Gasteiger partial charge in [-0.15, -0.1) is 0 Å². The van der Waals surface area contributed by atoms with Gasteiger partial charge in [0.2, 0.25) is 10.0 Å². The first-order chi connectivity index (χ1) is 9.96. The highest BCUT2D eigenvalue weighted by molar-refractivity contribution is 7.88. The quantitative estimate of drug-likeness (QED) is 0.805. The van der Waals surface area contributed by atoms with Crippen LogP contribution in [0.4, 0.5) is 4.79 Å². The molecule has 1 atom stereocenters. The van der Waals surface area contributed by atoms with Crippen molar-refractivity contribution in [3.63, 3.8) is 0 Å². The molecule has 0 bridgehead atoms. The molecule has 2 rings (SSSR count). The van der Waals surface area contributed by atoms with Gasteiger partial charge in [0.1, 0.15) is 0 Å². The van der Waals surface area contributed by atoms with Crippen molar-refractivity contribution in [1.82, 2.24) is 14.9 Å². The second kappa shape index (κ2) is 7.45. The molecule has 0 aromatic carbocycles. The molecule has 1 aliphatic carbocycles. The number of urea groups is 1. The van der Waals surface area contributed by atoms with Crippen LogP contribution in [-0.2, 0) is 10.0 Å². The fourth-order valence-corrected chi connectivity index (χ4v) is 3.80. The monoisotopic (exact) mass is 317 g/mol. The molecule has 2 fully saturated rings. The number of carbonyl (C=O) groups excluding carboxylic acids is 1. The zero-order valence-electron chi connectivity index (χ0n) is 12.8. The number of amides is 2. The number of hydrogen-bond donors (Lipinski definition) is 2. The van der Waals surface area contributed by atoms with E-state index in [1.54, 1.807) is 0 Å². The summed E-state index contributed by atoms with van der Waals surface area (Å²) in [7, 11) is -3.15. The van der Waals surface area contributed by atoms with Gasteiger partial charge in [0.15, 0.2) is 0 Å². The van der Waals surface area contributed by atoms with Crippen LogP contribution in [0.25, 0.3) is 0 Å². The molecule has 1 aliphatic heterocycles. The molecule has 7 heteroatoms. The lowest BCUT2D eigenvalue weighted by Gasteiger charge is -2.36. The van der Waals surface area contributed by atoms with E-state index in [1.807, 2.05) is 4.90 Å². The molecule has 6 nitrogen and oxygen atoms in total. The molecule has 0 aromatic heterocycles. The maximum absolute atomic E-state index is 12.4. The Kier molecular flexibility index (Phi) is 5.87. The average Bonchev–Trinajstić information content (AvgIpc) is 2.90. The van der Waals surface area contributed by atoms with Gasteiger partial charge in [-0.05, 0) is 38.5 Å². The van der Waals surface area contributed by atoms with Crippen molar-refractivity contribution in [3.8, 4) is 0 Å². The molecule has 122 valence electrons. The molecule has 2 N–H and O–H groups in total. The molecule has 1 saturated carbocycles. The molecule has 0 spiro atoms. The van der Waals surface area contributed by atoms with Crippen LogP contribution in [0.15, 0.2) is 0 Å². The summed E-state index contributed by atoms with van der Waals surface area (Å²) in [5, 5.41) is 3.13. The van der Waals surface area contributed by atoms with Crippen molar-refractivity contribution in [2.45, 2.75) is 63.5 Å². The fraction of sp³-hybridized carbons (Fsp3) is 0.929. The minimum Gasteiger partial charge on any atom is -0.335 e. The Hall–Kier alpha value is -0.820. The van der Waals surface area contributed by atoms with Gasteiger partial charge in [-0.25, -0.2) is 17.9 Å². The Bertz CT molecular complexity index is 446. The SMILES string of the molecule is CS(=O)(=O)NCCC1CCCCN1C(=O)NC1CCCC1. The standard InChI is InChI=1S/C14H27N3O3S/c1-21(19,20)15-10-9-13-8-4-5-11-17(13)14(18)16-12-6-2-3-7-12/h12-13,15H,2-11H2,1H3,(H,16,18).